The van der Waals surface area contributed by atoms with Gasteiger partial charge in [-0.15, -0.1) is 0 Å². The van der Waals surface area contributed by atoms with Gasteiger partial charge in [0.05, 0.1) is 5.69 Å². The van der Waals surface area contributed by atoms with Crippen molar-refractivity contribution in [2.45, 2.75) is 71.6 Å². The highest BCUT2D eigenvalue weighted by Gasteiger charge is 2.14. The number of aromatic nitrogens is 1. The summed E-state index contributed by atoms with van der Waals surface area (Å²) in [6.07, 6.45) is 6.75. The molecule has 4 nitrogen and oxygen atoms in total. The van der Waals surface area contributed by atoms with Gasteiger partial charge in [-0.3, -0.25) is 0 Å². The molecule has 1 N–H and O–H groups in total. The zero-order valence-corrected chi connectivity index (χ0v) is 13.1. The van der Waals surface area contributed by atoms with Gasteiger partial charge in [0.1, 0.15) is 6.61 Å². The molecule has 0 radical (unpaired) electrons. The zero-order chi connectivity index (χ0) is 14.4. The van der Waals surface area contributed by atoms with Crippen LogP contribution in [0.3, 0.4) is 0 Å². The second-order valence-corrected chi connectivity index (χ2v) is 6.91. The first kappa shape index (κ1) is 15.5. The van der Waals surface area contributed by atoms with E-state index in [2.05, 4.69) is 31.2 Å². The van der Waals surface area contributed by atoms with E-state index in [4.69, 9.17) is 9.26 Å². The van der Waals surface area contributed by atoms with Gasteiger partial charge >= 0.3 is 0 Å². The van der Waals surface area contributed by atoms with Crippen molar-refractivity contribution in [3.8, 4) is 0 Å². The highest BCUT2D eigenvalue weighted by molar-refractivity contribution is 5.04. The van der Waals surface area contributed by atoms with E-state index in [1.165, 1.54) is 32.1 Å². The van der Waals surface area contributed by atoms with E-state index in [1.807, 2.05) is 6.07 Å². The molecule has 1 aliphatic rings. The van der Waals surface area contributed by atoms with E-state index >= 15 is 0 Å². The van der Waals surface area contributed by atoms with Crippen LogP contribution in [0, 0.1) is 5.92 Å². The summed E-state index contributed by atoms with van der Waals surface area (Å²) in [6, 6.07) is 1.99. The Hall–Kier alpha value is -0.870. The summed E-state index contributed by atoms with van der Waals surface area (Å²) < 4.78 is 11.1. The third-order valence-electron chi connectivity index (χ3n) is 3.73. The van der Waals surface area contributed by atoms with Crippen molar-refractivity contribution in [1.82, 2.24) is 10.5 Å². The molecular formula is C16H28N2O2. The molecule has 2 rings (SSSR count). The second kappa shape index (κ2) is 7.23. The summed E-state index contributed by atoms with van der Waals surface area (Å²) in [5.41, 5.74) is 1.03. The standard InChI is InChI=1S/C16H28N2O2/c1-16(2,3)17-10-14-9-15(20-18-14)12-19-11-13-7-5-4-6-8-13/h9,13,17H,4-8,10-12H2,1-3H3. The van der Waals surface area contributed by atoms with E-state index in [-0.39, 0.29) is 5.54 Å². The van der Waals surface area contributed by atoms with E-state index in [9.17, 15) is 0 Å². The fraction of sp³-hybridized carbons (Fsp3) is 0.812. The first-order chi connectivity index (χ1) is 9.53. The fourth-order valence-corrected chi connectivity index (χ4v) is 2.54. The Morgan fingerprint density at radius 3 is 2.75 bits per heavy atom. The van der Waals surface area contributed by atoms with Gasteiger partial charge in [0, 0.05) is 24.8 Å². The highest BCUT2D eigenvalue weighted by atomic mass is 16.5. The van der Waals surface area contributed by atoms with Gasteiger partial charge < -0.3 is 14.6 Å². The lowest BCUT2D eigenvalue weighted by molar-refractivity contribution is 0.0606. The number of hydrogen-bond donors (Lipinski definition) is 1. The van der Waals surface area contributed by atoms with Crippen molar-refractivity contribution in [3.05, 3.63) is 17.5 Å². The molecule has 0 aromatic carbocycles. The van der Waals surface area contributed by atoms with Gasteiger partial charge in [0.2, 0.25) is 0 Å². The molecule has 1 aromatic rings. The summed E-state index contributed by atoms with van der Waals surface area (Å²) in [4.78, 5) is 0. The van der Waals surface area contributed by atoms with Crippen molar-refractivity contribution in [2.75, 3.05) is 6.61 Å². The normalized spacial score (nSPS) is 17.6. The molecule has 1 fully saturated rings. The third kappa shape index (κ3) is 5.63. The summed E-state index contributed by atoms with van der Waals surface area (Å²) in [6.45, 7) is 8.55. The molecule has 1 heterocycles. The van der Waals surface area contributed by atoms with Crippen molar-refractivity contribution in [3.63, 3.8) is 0 Å². The van der Waals surface area contributed by atoms with E-state index in [1.54, 1.807) is 0 Å². The van der Waals surface area contributed by atoms with Crippen LogP contribution >= 0.6 is 0 Å². The summed E-state index contributed by atoms with van der Waals surface area (Å²) in [7, 11) is 0. The van der Waals surface area contributed by atoms with Crippen molar-refractivity contribution < 1.29 is 9.26 Å². The smallest absolute Gasteiger partial charge is 0.162 e. The minimum absolute atomic E-state index is 0.0938. The summed E-state index contributed by atoms with van der Waals surface area (Å²) in [5, 5.41) is 7.46. The Balaban J connectivity index is 1.67. The molecular weight excluding hydrogens is 252 g/mol. The number of nitrogens with zero attached hydrogens (tertiary/aromatic N) is 1. The zero-order valence-electron chi connectivity index (χ0n) is 13.1. The molecule has 0 unspecified atom stereocenters. The Labute approximate surface area is 122 Å². The van der Waals surface area contributed by atoms with Crippen LogP contribution in [0.5, 0.6) is 0 Å². The van der Waals surface area contributed by atoms with Crippen molar-refractivity contribution >= 4 is 0 Å². The first-order valence-electron chi connectivity index (χ1n) is 7.80. The largest absolute Gasteiger partial charge is 0.373 e. The third-order valence-corrected chi connectivity index (χ3v) is 3.73. The molecule has 0 aliphatic heterocycles. The monoisotopic (exact) mass is 280 g/mol. The second-order valence-electron chi connectivity index (χ2n) is 6.91. The average molecular weight is 280 g/mol. The lowest BCUT2D eigenvalue weighted by Gasteiger charge is -2.20. The molecule has 1 aliphatic carbocycles. The van der Waals surface area contributed by atoms with Gasteiger partial charge in [-0.1, -0.05) is 24.4 Å². The molecule has 114 valence electrons. The maximum atomic E-state index is 5.76. The average Bonchev–Trinajstić information content (AvgIpc) is 2.85. The number of ether oxygens (including phenoxy) is 1. The molecule has 0 spiro atoms. The van der Waals surface area contributed by atoms with Crippen LogP contribution < -0.4 is 5.32 Å². The van der Waals surface area contributed by atoms with Crippen LogP contribution in [-0.4, -0.2) is 17.3 Å². The van der Waals surface area contributed by atoms with Crippen LogP contribution in [-0.2, 0) is 17.9 Å². The Kier molecular flexibility index (Phi) is 5.61. The van der Waals surface area contributed by atoms with Crippen LogP contribution in [0.25, 0.3) is 0 Å². The summed E-state index contributed by atoms with van der Waals surface area (Å²) in [5.74, 6) is 1.57. The first-order valence-corrected chi connectivity index (χ1v) is 7.80. The summed E-state index contributed by atoms with van der Waals surface area (Å²) >= 11 is 0. The predicted molar refractivity (Wildman–Crippen MR) is 79.3 cm³/mol. The van der Waals surface area contributed by atoms with Crippen molar-refractivity contribution in [1.29, 1.82) is 0 Å². The molecule has 0 atom stereocenters. The predicted octanol–water partition coefficient (Wildman–Crippen LogP) is 3.66. The molecule has 1 saturated carbocycles. The fourth-order valence-electron chi connectivity index (χ4n) is 2.54. The lowest BCUT2D eigenvalue weighted by Crippen LogP contribution is -2.35. The molecule has 20 heavy (non-hydrogen) atoms. The van der Waals surface area contributed by atoms with E-state index in [0.29, 0.717) is 6.61 Å². The quantitative estimate of drug-likeness (QED) is 0.864. The van der Waals surface area contributed by atoms with Gasteiger partial charge in [0.15, 0.2) is 5.76 Å². The lowest BCUT2D eigenvalue weighted by atomic mass is 9.90. The van der Waals surface area contributed by atoms with Gasteiger partial charge in [-0.05, 0) is 39.5 Å². The number of hydrogen-bond acceptors (Lipinski definition) is 4. The van der Waals surface area contributed by atoms with E-state index < -0.39 is 0 Å². The van der Waals surface area contributed by atoms with Crippen molar-refractivity contribution in [2.24, 2.45) is 5.92 Å². The maximum Gasteiger partial charge on any atom is 0.162 e. The van der Waals surface area contributed by atoms with Gasteiger partial charge in [0.25, 0.3) is 0 Å². The Morgan fingerprint density at radius 1 is 1.30 bits per heavy atom. The molecule has 0 bridgehead atoms. The molecule has 1 aromatic heterocycles. The molecule has 0 amide bonds. The Morgan fingerprint density at radius 2 is 2.05 bits per heavy atom. The topological polar surface area (TPSA) is 47.3 Å². The minimum atomic E-state index is 0.0938. The van der Waals surface area contributed by atoms with Crippen LogP contribution in [0.4, 0.5) is 0 Å². The SMILES string of the molecule is CC(C)(C)NCc1cc(COCC2CCCCC2)on1. The molecule has 0 saturated heterocycles. The van der Waals surface area contributed by atoms with E-state index in [0.717, 1.165) is 30.5 Å². The van der Waals surface area contributed by atoms with Crippen LogP contribution in [0.2, 0.25) is 0 Å². The minimum Gasteiger partial charge on any atom is -0.373 e. The molecule has 4 heteroatoms. The van der Waals surface area contributed by atoms with Gasteiger partial charge in [-0.25, -0.2) is 0 Å². The number of nitrogens with one attached hydrogen (secondary N) is 1. The number of rotatable bonds is 6. The van der Waals surface area contributed by atoms with Crippen LogP contribution in [0.1, 0.15) is 64.3 Å². The van der Waals surface area contributed by atoms with Crippen LogP contribution in [0.15, 0.2) is 10.6 Å². The van der Waals surface area contributed by atoms with Gasteiger partial charge in [-0.2, -0.15) is 0 Å². The maximum absolute atomic E-state index is 5.76. The highest BCUT2D eigenvalue weighted by Crippen LogP contribution is 2.24. The Bertz CT molecular complexity index is 389.